The number of carbonyl (C=O) groups is 2. The second kappa shape index (κ2) is 5.18. The molecule has 17 heavy (non-hydrogen) atoms. The summed E-state index contributed by atoms with van der Waals surface area (Å²) in [6.07, 6.45) is -0.611. The summed E-state index contributed by atoms with van der Waals surface area (Å²) in [6.45, 7) is 5.15. The third kappa shape index (κ3) is 4.44. The van der Waals surface area contributed by atoms with Crippen LogP contribution in [0.5, 0.6) is 0 Å². The number of thiophene rings is 1. The molecule has 0 aliphatic rings. The van der Waals surface area contributed by atoms with E-state index in [0.717, 1.165) is 0 Å². The minimum atomic E-state index is -0.611. The molecule has 0 radical (unpaired) electrons. The standard InChI is InChI=1S/C11H16N2O3S/c1-11(2,3)16-10(15)13-6-8(14)7-4-5-17-9(7)12/h4-5H,6,12H2,1-3H3,(H,13,15). The summed E-state index contributed by atoms with van der Waals surface area (Å²) in [5.74, 6) is -0.227. The SMILES string of the molecule is CC(C)(C)OC(=O)NCC(=O)c1ccsc1N. The molecule has 1 heterocycles. The zero-order chi connectivity index (χ0) is 13.1. The first-order valence-corrected chi connectivity index (χ1v) is 6.00. The van der Waals surface area contributed by atoms with Gasteiger partial charge in [0.2, 0.25) is 0 Å². The van der Waals surface area contributed by atoms with Gasteiger partial charge in [-0.15, -0.1) is 11.3 Å². The molecule has 0 aliphatic heterocycles. The van der Waals surface area contributed by atoms with E-state index in [0.29, 0.717) is 10.6 Å². The van der Waals surface area contributed by atoms with Crippen molar-refractivity contribution in [2.24, 2.45) is 0 Å². The Balaban J connectivity index is 2.45. The molecule has 6 heteroatoms. The van der Waals surface area contributed by atoms with Gasteiger partial charge < -0.3 is 15.8 Å². The van der Waals surface area contributed by atoms with Gasteiger partial charge in [-0.05, 0) is 32.2 Å². The van der Waals surface area contributed by atoms with Gasteiger partial charge in [0.1, 0.15) is 5.60 Å². The van der Waals surface area contributed by atoms with Crippen molar-refractivity contribution in [3.8, 4) is 0 Å². The lowest BCUT2D eigenvalue weighted by molar-refractivity contribution is 0.0520. The Morgan fingerprint density at radius 3 is 2.59 bits per heavy atom. The Morgan fingerprint density at radius 1 is 1.47 bits per heavy atom. The number of nitrogens with one attached hydrogen (secondary N) is 1. The number of ketones is 1. The number of hydrogen-bond donors (Lipinski definition) is 2. The van der Waals surface area contributed by atoms with Gasteiger partial charge in [0.05, 0.1) is 17.1 Å². The maximum atomic E-state index is 11.7. The molecule has 0 fully saturated rings. The highest BCUT2D eigenvalue weighted by atomic mass is 32.1. The third-order valence-corrected chi connectivity index (χ3v) is 2.53. The summed E-state index contributed by atoms with van der Waals surface area (Å²) in [6, 6.07) is 1.64. The lowest BCUT2D eigenvalue weighted by atomic mass is 10.2. The Bertz CT molecular complexity index is 421. The van der Waals surface area contributed by atoms with Crippen LogP contribution in [0.2, 0.25) is 0 Å². The van der Waals surface area contributed by atoms with Gasteiger partial charge in [-0.1, -0.05) is 0 Å². The number of alkyl carbamates (subject to hydrolysis) is 1. The van der Waals surface area contributed by atoms with Gasteiger partial charge in [-0.3, -0.25) is 4.79 Å². The zero-order valence-electron chi connectivity index (χ0n) is 10.1. The first-order chi connectivity index (χ1) is 7.79. The second-order valence-corrected chi connectivity index (χ2v) is 5.42. The fourth-order valence-electron chi connectivity index (χ4n) is 1.11. The zero-order valence-corrected chi connectivity index (χ0v) is 10.9. The van der Waals surface area contributed by atoms with E-state index in [4.69, 9.17) is 10.5 Å². The first kappa shape index (κ1) is 13.5. The maximum Gasteiger partial charge on any atom is 0.408 e. The van der Waals surface area contributed by atoms with Crippen molar-refractivity contribution in [3.63, 3.8) is 0 Å². The van der Waals surface area contributed by atoms with Gasteiger partial charge in [0.15, 0.2) is 5.78 Å². The number of carbonyl (C=O) groups excluding carboxylic acids is 2. The van der Waals surface area contributed by atoms with Crippen molar-refractivity contribution in [3.05, 3.63) is 17.0 Å². The molecule has 0 saturated heterocycles. The number of Topliss-reactive ketones (excluding diaryl/α,β-unsaturated/α-hetero) is 1. The van der Waals surface area contributed by atoms with Crippen LogP contribution in [0.3, 0.4) is 0 Å². The molecule has 0 spiro atoms. The molecule has 0 unspecified atom stereocenters. The molecule has 5 nitrogen and oxygen atoms in total. The monoisotopic (exact) mass is 256 g/mol. The molecule has 94 valence electrons. The summed E-state index contributed by atoms with van der Waals surface area (Å²) in [7, 11) is 0. The van der Waals surface area contributed by atoms with Crippen LogP contribution in [0.4, 0.5) is 9.80 Å². The topological polar surface area (TPSA) is 81.4 Å². The molecule has 0 bridgehead atoms. The van der Waals surface area contributed by atoms with Crippen LogP contribution in [0.1, 0.15) is 31.1 Å². The summed E-state index contributed by atoms with van der Waals surface area (Å²) in [4.78, 5) is 23.0. The number of nitrogens with two attached hydrogens (primary N) is 1. The molecule has 0 saturated carbocycles. The smallest absolute Gasteiger partial charge is 0.408 e. The molecular weight excluding hydrogens is 240 g/mol. The van der Waals surface area contributed by atoms with E-state index in [1.807, 2.05) is 0 Å². The lowest BCUT2D eigenvalue weighted by Gasteiger charge is -2.19. The van der Waals surface area contributed by atoms with Crippen molar-refractivity contribution in [2.75, 3.05) is 12.3 Å². The number of hydrogen-bond acceptors (Lipinski definition) is 5. The van der Waals surface area contributed by atoms with Gasteiger partial charge >= 0.3 is 6.09 Å². The summed E-state index contributed by atoms with van der Waals surface area (Å²) in [5.41, 5.74) is 5.46. The van der Waals surface area contributed by atoms with Crippen LogP contribution < -0.4 is 11.1 Å². The average Bonchev–Trinajstić information content (AvgIpc) is 2.58. The van der Waals surface area contributed by atoms with E-state index < -0.39 is 11.7 Å². The normalized spacial score (nSPS) is 11.0. The summed E-state index contributed by atoms with van der Waals surface area (Å²) < 4.78 is 5.00. The summed E-state index contributed by atoms with van der Waals surface area (Å²) in [5, 5.41) is 4.58. The number of anilines is 1. The molecule has 1 rings (SSSR count). The molecule has 0 aromatic carbocycles. The van der Waals surface area contributed by atoms with E-state index in [1.165, 1.54) is 11.3 Å². The minimum Gasteiger partial charge on any atom is -0.444 e. The van der Waals surface area contributed by atoms with E-state index in [9.17, 15) is 9.59 Å². The lowest BCUT2D eigenvalue weighted by Crippen LogP contribution is -2.35. The number of amides is 1. The van der Waals surface area contributed by atoms with E-state index in [-0.39, 0.29) is 12.3 Å². The van der Waals surface area contributed by atoms with E-state index in [1.54, 1.807) is 32.2 Å². The molecule has 0 atom stereocenters. The second-order valence-electron chi connectivity index (χ2n) is 4.48. The Morgan fingerprint density at radius 2 is 2.12 bits per heavy atom. The minimum absolute atomic E-state index is 0.115. The average molecular weight is 256 g/mol. The Hall–Kier alpha value is -1.56. The predicted molar refractivity (Wildman–Crippen MR) is 67.3 cm³/mol. The molecule has 3 N–H and O–H groups in total. The quantitative estimate of drug-likeness (QED) is 0.811. The van der Waals surface area contributed by atoms with Crippen LogP contribution >= 0.6 is 11.3 Å². The molecule has 1 aromatic heterocycles. The molecule has 0 aliphatic carbocycles. The van der Waals surface area contributed by atoms with Crippen LogP contribution in [-0.4, -0.2) is 24.0 Å². The fourth-order valence-corrected chi connectivity index (χ4v) is 1.77. The first-order valence-electron chi connectivity index (χ1n) is 5.12. The molecule has 1 aromatic rings. The highest BCUT2D eigenvalue weighted by Gasteiger charge is 2.17. The number of rotatable bonds is 3. The van der Waals surface area contributed by atoms with Crippen molar-refractivity contribution < 1.29 is 14.3 Å². The van der Waals surface area contributed by atoms with Gasteiger partial charge in [0.25, 0.3) is 0 Å². The Kier molecular flexibility index (Phi) is 4.11. The largest absolute Gasteiger partial charge is 0.444 e. The van der Waals surface area contributed by atoms with Crippen molar-refractivity contribution in [1.82, 2.24) is 5.32 Å². The third-order valence-electron chi connectivity index (χ3n) is 1.79. The fraction of sp³-hybridized carbons (Fsp3) is 0.455. The Labute approximate surface area is 104 Å². The van der Waals surface area contributed by atoms with Crippen LogP contribution in [0, 0.1) is 0 Å². The highest BCUT2D eigenvalue weighted by molar-refractivity contribution is 7.14. The van der Waals surface area contributed by atoms with Crippen LogP contribution in [0.15, 0.2) is 11.4 Å². The van der Waals surface area contributed by atoms with E-state index >= 15 is 0 Å². The maximum absolute atomic E-state index is 11.7. The van der Waals surface area contributed by atoms with Crippen molar-refractivity contribution >= 4 is 28.2 Å². The molecule has 1 amide bonds. The summed E-state index contributed by atoms with van der Waals surface area (Å²) >= 11 is 1.29. The van der Waals surface area contributed by atoms with Gasteiger partial charge in [-0.2, -0.15) is 0 Å². The predicted octanol–water partition coefficient (Wildman–Crippen LogP) is 2.04. The van der Waals surface area contributed by atoms with Crippen LogP contribution in [-0.2, 0) is 4.74 Å². The number of ether oxygens (including phenoxy) is 1. The van der Waals surface area contributed by atoms with Gasteiger partial charge in [-0.25, -0.2) is 4.79 Å². The molecular formula is C11H16N2O3S. The van der Waals surface area contributed by atoms with E-state index in [2.05, 4.69) is 5.32 Å². The van der Waals surface area contributed by atoms with Crippen molar-refractivity contribution in [1.29, 1.82) is 0 Å². The van der Waals surface area contributed by atoms with Gasteiger partial charge in [0, 0.05) is 0 Å². The number of nitrogen functional groups attached to an aromatic ring is 1. The van der Waals surface area contributed by atoms with Crippen LogP contribution in [0.25, 0.3) is 0 Å². The highest BCUT2D eigenvalue weighted by Crippen LogP contribution is 2.19. The van der Waals surface area contributed by atoms with Crippen molar-refractivity contribution in [2.45, 2.75) is 26.4 Å².